The molecule has 0 aliphatic carbocycles. The number of benzene rings is 1. The summed E-state index contributed by atoms with van der Waals surface area (Å²) in [5, 5.41) is 2.87. The Hall–Kier alpha value is -1.84. The Bertz CT molecular complexity index is 480. The number of anilines is 1. The SMILES string of the molecule is CCCCC(=O)NCCN(C(C)=O)c1ccc(C(C)C)cc1. The molecule has 0 atom stereocenters. The fraction of sp³-hybridized carbons (Fsp3) is 0.556. The molecule has 122 valence electrons. The molecule has 4 heteroatoms. The van der Waals surface area contributed by atoms with E-state index < -0.39 is 0 Å². The number of carbonyl (C=O) groups is 2. The van der Waals surface area contributed by atoms with Crippen LogP contribution in [0.3, 0.4) is 0 Å². The highest BCUT2D eigenvalue weighted by Crippen LogP contribution is 2.20. The number of carbonyl (C=O) groups excluding carboxylic acids is 2. The van der Waals surface area contributed by atoms with Gasteiger partial charge in [-0.2, -0.15) is 0 Å². The Labute approximate surface area is 133 Å². The topological polar surface area (TPSA) is 49.4 Å². The van der Waals surface area contributed by atoms with Crippen molar-refractivity contribution in [3.63, 3.8) is 0 Å². The molecule has 4 nitrogen and oxygen atoms in total. The van der Waals surface area contributed by atoms with Gasteiger partial charge in [0, 0.05) is 32.1 Å². The van der Waals surface area contributed by atoms with E-state index in [1.54, 1.807) is 11.8 Å². The van der Waals surface area contributed by atoms with Crippen LogP contribution < -0.4 is 10.2 Å². The summed E-state index contributed by atoms with van der Waals surface area (Å²) < 4.78 is 0. The first kappa shape index (κ1) is 18.2. The largest absolute Gasteiger partial charge is 0.354 e. The van der Waals surface area contributed by atoms with Crippen molar-refractivity contribution in [3.05, 3.63) is 29.8 Å². The maximum atomic E-state index is 11.8. The van der Waals surface area contributed by atoms with Crippen LogP contribution in [0.4, 0.5) is 5.69 Å². The zero-order chi connectivity index (χ0) is 16.5. The first-order valence-electron chi connectivity index (χ1n) is 8.10. The molecule has 0 heterocycles. The second kappa shape index (κ2) is 9.23. The second-order valence-corrected chi connectivity index (χ2v) is 5.87. The standard InChI is InChI=1S/C18H28N2O2/c1-5-6-7-18(22)19-12-13-20(15(4)21)17-10-8-16(9-11-17)14(2)3/h8-11,14H,5-7,12-13H2,1-4H3,(H,19,22). The predicted molar refractivity (Wildman–Crippen MR) is 91.1 cm³/mol. The van der Waals surface area contributed by atoms with Crippen molar-refractivity contribution in [1.29, 1.82) is 0 Å². The van der Waals surface area contributed by atoms with Crippen LogP contribution in [0.2, 0.25) is 0 Å². The van der Waals surface area contributed by atoms with Crippen LogP contribution in [0, 0.1) is 0 Å². The van der Waals surface area contributed by atoms with Gasteiger partial charge in [-0.1, -0.05) is 39.3 Å². The fourth-order valence-corrected chi connectivity index (χ4v) is 2.24. The van der Waals surface area contributed by atoms with E-state index in [1.807, 2.05) is 12.1 Å². The molecule has 0 aromatic heterocycles. The van der Waals surface area contributed by atoms with Gasteiger partial charge in [-0.15, -0.1) is 0 Å². The first-order chi connectivity index (χ1) is 10.5. The lowest BCUT2D eigenvalue weighted by atomic mass is 10.0. The van der Waals surface area contributed by atoms with E-state index in [4.69, 9.17) is 0 Å². The number of amides is 2. The van der Waals surface area contributed by atoms with Gasteiger partial charge in [-0.25, -0.2) is 0 Å². The molecule has 0 fully saturated rings. The minimum atomic E-state index is -0.0138. The van der Waals surface area contributed by atoms with Gasteiger partial charge < -0.3 is 10.2 Å². The van der Waals surface area contributed by atoms with Gasteiger partial charge >= 0.3 is 0 Å². The molecule has 0 aliphatic heterocycles. The van der Waals surface area contributed by atoms with Crippen LogP contribution in [-0.4, -0.2) is 24.9 Å². The van der Waals surface area contributed by atoms with Gasteiger partial charge in [-0.05, 0) is 30.0 Å². The molecule has 0 spiro atoms. The van der Waals surface area contributed by atoms with E-state index in [9.17, 15) is 9.59 Å². The summed E-state index contributed by atoms with van der Waals surface area (Å²) in [6.07, 6.45) is 2.47. The lowest BCUT2D eigenvalue weighted by Gasteiger charge is -2.22. The van der Waals surface area contributed by atoms with Crippen molar-refractivity contribution in [2.24, 2.45) is 0 Å². The quantitative estimate of drug-likeness (QED) is 0.799. The Balaban J connectivity index is 2.58. The Morgan fingerprint density at radius 2 is 1.82 bits per heavy atom. The highest BCUT2D eigenvalue weighted by Gasteiger charge is 2.12. The monoisotopic (exact) mass is 304 g/mol. The number of hydrogen-bond donors (Lipinski definition) is 1. The molecule has 0 aliphatic rings. The zero-order valence-corrected chi connectivity index (χ0v) is 14.2. The van der Waals surface area contributed by atoms with Crippen molar-refractivity contribution >= 4 is 17.5 Å². The predicted octanol–water partition coefficient (Wildman–Crippen LogP) is 3.47. The summed E-state index contributed by atoms with van der Waals surface area (Å²) >= 11 is 0. The van der Waals surface area contributed by atoms with Gasteiger partial charge in [-0.3, -0.25) is 9.59 Å². The number of hydrogen-bond acceptors (Lipinski definition) is 2. The van der Waals surface area contributed by atoms with E-state index in [-0.39, 0.29) is 11.8 Å². The lowest BCUT2D eigenvalue weighted by molar-refractivity contribution is -0.121. The van der Waals surface area contributed by atoms with Crippen LogP contribution >= 0.6 is 0 Å². The summed E-state index contributed by atoms with van der Waals surface area (Å²) in [7, 11) is 0. The fourth-order valence-electron chi connectivity index (χ4n) is 2.24. The third kappa shape index (κ3) is 5.88. The summed E-state index contributed by atoms with van der Waals surface area (Å²) in [6, 6.07) is 8.04. The lowest BCUT2D eigenvalue weighted by Crippen LogP contribution is -2.37. The molecular formula is C18H28N2O2. The average molecular weight is 304 g/mol. The molecule has 22 heavy (non-hydrogen) atoms. The Kier molecular flexibility index (Phi) is 7.64. The van der Waals surface area contributed by atoms with Gasteiger partial charge in [0.15, 0.2) is 0 Å². The van der Waals surface area contributed by atoms with Crippen molar-refractivity contribution in [3.8, 4) is 0 Å². The maximum absolute atomic E-state index is 11.8. The van der Waals surface area contributed by atoms with E-state index in [0.717, 1.165) is 18.5 Å². The molecule has 1 N–H and O–H groups in total. The zero-order valence-electron chi connectivity index (χ0n) is 14.2. The molecular weight excluding hydrogens is 276 g/mol. The van der Waals surface area contributed by atoms with Crippen molar-refractivity contribution in [2.75, 3.05) is 18.0 Å². The minimum absolute atomic E-state index is 0.0138. The maximum Gasteiger partial charge on any atom is 0.223 e. The molecule has 0 saturated carbocycles. The van der Waals surface area contributed by atoms with Crippen molar-refractivity contribution in [2.45, 2.75) is 52.9 Å². The van der Waals surface area contributed by atoms with Gasteiger partial charge in [0.2, 0.25) is 11.8 Å². The van der Waals surface area contributed by atoms with E-state index in [0.29, 0.717) is 25.4 Å². The molecule has 1 aromatic carbocycles. The number of rotatable bonds is 8. The van der Waals surface area contributed by atoms with Crippen LogP contribution in [0.25, 0.3) is 0 Å². The summed E-state index contributed by atoms with van der Waals surface area (Å²) in [5.41, 5.74) is 2.12. The highest BCUT2D eigenvalue weighted by molar-refractivity contribution is 5.91. The smallest absolute Gasteiger partial charge is 0.223 e. The number of unbranched alkanes of at least 4 members (excludes halogenated alkanes) is 1. The summed E-state index contributed by atoms with van der Waals surface area (Å²) in [5.74, 6) is 0.512. The van der Waals surface area contributed by atoms with Crippen LogP contribution in [-0.2, 0) is 9.59 Å². The third-order valence-electron chi connectivity index (χ3n) is 3.67. The van der Waals surface area contributed by atoms with Crippen molar-refractivity contribution < 1.29 is 9.59 Å². The molecule has 0 bridgehead atoms. The van der Waals surface area contributed by atoms with Crippen LogP contribution in [0.15, 0.2) is 24.3 Å². The molecule has 0 saturated heterocycles. The Morgan fingerprint density at radius 3 is 2.32 bits per heavy atom. The van der Waals surface area contributed by atoms with Crippen molar-refractivity contribution in [1.82, 2.24) is 5.32 Å². The average Bonchev–Trinajstić information content (AvgIpc) is 2.49. The Morgan fingerprint density at radius 1 is 1.18 bits per heavy atom. The summed E-state index contributed by atoms with van der Waals surface area (Å²) in [6.45, 7) is 8.87. The van der Waals surface area contributed by atoms with E-state index in [1.165, 1.54) is 5.56 Å². The van der Waals surface area contributed by atoms with Crippen LogP contribution in [0.5, 0.6) is 0 Å². The minimum Gasteiger partial charge on any atom is -0.354 e. The normalized spacial score (nSPS) is 10.6. The molecule has 1 rings (SSSR count). The highest BCUT2D eigenvalue weighted by atomic mass is 16.2. The molecule has 0 unspecified atom stereocenters. The van der Waals surface area contributed by atoms with Crippen LogP contribution in [0.1, 0.15) is 58.4 Å². The van der Waals surface area contributed by atoms with E-state index in [2.05, 4.69) is 38.2 Å². The molecule has 2 amide bonds. The second-order valence-electron chi connectivity index (χ2n) is 5.87. The van der Waals surface area contributed by atoms with E-state index >= 15 is 0 Å². The molecule has 0 radical (unpaired) electrons. The number of nitrogens with one attached hydrogen (secondary N) is 1. The van der Waals surface area contributed by atoms with Gasteiger partial charge in [0.1, 0.15) is 0 Å². The first-order valence-corrected chi connectivity index (χ1v) is 8.10. The third-order valence-corrected chi connectivity index (χ3v) is 3.67. The van der Waals surface area contributed by atoms with Gasteiger partial charge in [0.25, 0.3) is 0 Å². The van der Waals surface area contributed by atoms with Gasteiger partial charge in [0.05, 0.1) is 0 Å². The number of nitrogens with zero attached hydrogens (tertiary/aromatic N) is 1. The summed E-state index contributed by atoms with van der Waals surface area (Å²) in [4.78, 5) is 25.1. The molecule has 1 aromatic rings.